The van der Waals surface area contributed by atoms with E-state index in [9.17, 15) is 4.79 Å². The van der Waals surface area contributed by atoms with Gasteiger partial charge >= 0.3 is 0 Å². The summed E-state index contributed by atoms with van der Waals surface area (Å²) in [6.45, 7) is 14.3. The fourth-order valence-electron chi connectivity index (χ4n) is 7.79. The zero-order valence-corrected chi connectivity index (χ0v) is 17.1. The quantitative estimate of drug-likeness (QED) is 0.741. The van der Waals surface area contributed by atoms with Crippen LogP contribution in [0.1, 0.15) is 72.6 Å². The highest BCUT2D eigenvalue weighted by Crippen LogP contribution is 2.68. The van der Waals surface area contributed by atoms with E-state index in [4.69, 9.17) is 4.74 Å². The Morgan fingerprint density at radius 3 is 2.65 bits per heavy atom. The molecule has 1 heterocycles. The Hall–Kier alpha value is -0.830. The summed E-state index contributed by atoms with van der Waals surface area (Å²) in [5.41, 5.74) is 0.742. The van der Waals surface area contributed by atoms with E-state index < -0.39 is 0 Å². The summed E-state index contributed by atoms with van der Waals surface area (Å²) in [6.07, 6.45) is 10.4. The van der Waals surface area contributed by atoms with Crippen molar-refractivity contribution in [1.29, 1.82) is 0 Å². The Kier molecular flexibility index (Phi) is 4.34. The maximum absolute atomic E-state index is 12.3. The van der Waals surface area contributed by atoms with Crippen LogP contribution in [-0.4, -0.2) is 24.7 Å². The summed E-state index contributed by atoms with van der Waals surface area (Å²) in [7, 11) is 0. The van der Waals surface area contributed by atoms with Crippen LogP contribution in [-0.2, 0) is 9.53 Å². The maximum Gasteiger partial charge on any atom is 0.220 e. The number of piperidine rings is 1. The monoisotopic (exact) mass is 359 g/mol. The van der Waals surface area contributed by atoms with E-state index in [1.807, 2.05) is 6.08 Å². The minimum atomic E-state index is 0.0685. The molecule has 3 saturated carbocycles. The molecule has 0 radical (unpaired) electrons. The van der Waals surface area contributed by atoms with Crippen LogP contribution in [0.2, 0.25) is 0 Å². The second kappa shape index (κ2) is 6.09. The van der Waals surface area contributed by atoms with E-state index in [1.54, 1.807) is 0 Å². The lowest BCUT2D eigenvalue weighted by Gasteiger charge is -2.67. The van der Waals surface area contributed by atoms with E-state index in [2.05, 4.69) is 39.6 Å². The van der Waals surface area contributed by atoms with Crippen LogP contribution in [0.25, 0.3) is 0 Å². The molecule has 1 aliphatic heterocycles. The summed E-state index contributed by atoms with van der Waals surface area (Å²) in [4.78, 5) is 12.3. The molecule has 2 unspecified atom stereocenters. The van der Waals surface area contributed by atoms with E-state index >= 15 is 0 Å². The molecule has 0 aromatic rings. The van der Waals surface area contributed by atoms with E-state index in [0.717, 1.165) is 12.3 Å². The Morgan fingerprint density at radius 2 is 1.92 bits per heavy atom. The molecule has 3 aliphatic carbocycles. The third-order valence-corrected chi connectivity index (χ3v) is 9.11. The average molecular weight is 360 g/mol. The molecule has 1 saturated heterocycles. The highest BCUT2D eigenvalue weighted by Gasteiger charge is 2.66. The molecule has 1 N–H and O–H groups in total. The number of nitrogens with one attached hydrogen (secondary N) is 1. The molecular weight excluding hydrogens is 322 g/mol. The van der Waals surface area contributed by atoms with Gasteiger partial charge in [-0.05, 0) is 66.1 Å². The largest absolute Gasteiger partial charge is 0.371 e. The number of fused-ring (bicyclic) bond motifs is 5. The lowest BCUT2D eigenvalue weighted by molar-refractivity contribution is -0.212. The molecular formula is C23H37NO2. The van der Waals surface area contributed by atoms with Gasteiger partial charge in [0.2, 0.25) is 5.91 Å². The van der Waals surface area contributed by atoms with Gasteiger partial charge in [0, 0.05) is 6.42 Å². The van der Waals surface area contributed by atoms with Gasteiger partial charge in [0.15, 0.2) is 0 Å². The van der Waals surface area contributed by atoms with Crippen molar-refractivity contribution in [3.63, 3.8) is 0 Å². The summed E-state index contributed by atoms with van der Waals surface area (Å²) >= 11 is 0. The molecule has 7 atom stereocenters. The third-order valence-electron chi connectivity index (χ3n) is 9.11. The van der Waals surface area contributed by atoms with Crippen LogP contribution in [0, 0.1) is 34.0 Å². The summed E-state index contributed by atoms with van der Waals surface area (Å²) in [5.74, 6) is 2.40. The Bertz CT molecular complexity index is 599. The summed E-state index contributed by atoms with van der Waals surface area (Å²) in [6, 6.07) is 0.130. The lowest BCUT2D eigenvalue weighted by Crippen LogP contribution is -2.71. The number of hydrogen-bond acceptors (Lipinski definition) is 2. The minimum absolute atomic E-state index is 0.0685. The highest BCUT2D eigenvalue weighted by atomic mass is 16.5. The van der Waals surface area contributed by atoms with Gasteiger partial charge in [-0.25, -0.2) is 0 Å². The first-order chi connectivity index (χ1) is 12.2. The molecule has 3 heteroatoms. The molecule has 146 valence electrons. The van der Waals surface area contributed by atoms with Crippen molar-refractivity contribution in [3.8, 4) is 0 Å². The Balaban J connectivity index is 1.78. The van der Waals surface area contributed by atoms with Crippen LogP contribution in [0.3, 0.4) is 0 Å². The summed E-state index contributed by atoms with van der Waals surface area (Å²) < 4.78 is 6.43. The molecule has 1 amide bonds. The highest BCUT2D eigenvalue weighted by molar-refractivity contribution is 5.77. The first kappa shape index (κ1) is 18.5. The third kappa shape index (κ3) is 2.45. The topological polar surface area (TPSA) is 38.3 Å². The van der Waals surface area contributed by atoms with Gasteiger partial charge in [0.05, 0.1) is 18.8 Å². The molecule has 4 aliphatic rings. The van der Waals surface area contributed by atoms with Crippen molar-refractivity contribution in [2.45, 2.75) is 84.8 Å². The first-order valence-corrected chi connectivity index (χ1v) is 10.8. The van der Waals surface area contributed by atoms with Crippen molar-refractivity contribution < 1.29 is 9.53 Å². The van der Waals surface area contributed by atoms with Gasteiger partial charge in [-0.15, -0.1) is 6.58 Å². The van der Waals surface area contributed by atoms with Crippen molar-refractivity contribution in [2.24, 2.45) is 34.0 Å². The lowest BCUT2D eigenvalue weighted by atomic mass is 9.41. The number of carbonyl (C=O) groups is 1. The van der Waals surface area contributed by atoms with Crippen LogP contribution in [0.15, 0.2) is 12.7 Å². The maximum atomic E-state index is 12.3. The van der Waals surface area contributed by atoms with Crippen molar-refractivity contribution >= 4 is 5.91 Å². The van der Waals surface area contributed by atoms with E-state index in [1.165, 1.54) is 32.1 Å². The number of amides is 1. The second-order valence-electron chi connectivity index (χ2n) is 10.7. The van der Waals surface area contributed by atoms with Gasteiger partial charge in [0.25, 0.3) is 0 Å². The summed E-state index contributed by atoms with van der Waals surface area (Å²) in [5, 5.41) is 3.38. The van der Waals surface area contributed by atoms with Gasteiger partial charge in [-0.3, -0.25) is 4.79 Å². The number of hydrogen-bond donors (Lipinski definition) is 1. The first-order valence-electron chi connectivity index (χ1n) is 10.8. The van der Waals surface area contributed by atoms with Crippen LogP contribution in [0.4, 0.5) is 0 Å². The standard InChI is InChI=1S/C23H37NO2/c1-6-14-26-20-19-23(5,13-10-17(25)24-19)16-9-12-22(4)11-7-8-15(22)18(16)21(20,2)3/h6,15-16,18-20H,1,7-14H2,2-5H3,(H,24,25)/t15-,16+,18-,19?,20?,22-,23+/m0/s1. The smallest absolute Gasteiger partial charge is 0.220 e. The van der Waals surface area contributed by atoms with Crippen LogP contribution >= 0.6 is 0 Å². The molecule has 0 aromatic heterocycles. The van der Waals surface area contributed by atoms with Gasteiger partial charge in [0.1, 0.15) is 0 Å². The normalized spacial score (nSPS) is 49.5. The fourth-order valence-corrected chi connectivity index (χ4v) is 7.79. The molecule has 3 nitrogen and oxygen atoms in total. The second-order valence-corrected chi connectivity index (χ2v) is 10.7. The van der Waals surface area contributed by atoms with Crippen LogP contribution in [0.5, 0.6) is 0 Å². The molecule has 26 heavy (non-hydrogen) atoms. The van der Waals surface area contributed by atoms with E-state index in [0.29, 0.717) is 30.3 Å². The van der Waals surface area contributed by atoms with Gasteiger partial charge in [-0.1, -0.05) is 40.2 Å². The molecule has 0 aromatic carbocycles. The SMILES string of the molecule is C=CCOC1C2NC(=O)CC[C@]2(C)[C@@H]2CC[C@]3(C)CCC[C@H]3[C@@H]2C1(C)C. The predicted octanol–water partition coefficient (Wildman–Crippen LogP) is 4.71. The van der Waals surface area contributed by atoms with Crippen molar-refractivity contribution in [3.05, 3.63) is 12.7 Å². The molecule has 4 rings (SSSR count). The number of ether oxygens (including phenoxy) is 1. The van der Waals surface area contributed by atoms with Crippen molar-refractivity contribution in [1.82, 2.24) is 5.32 Å². The zero-order valence-electron chi connectivity index (χ0n) is 17.1. The molecule has 0 bridgehead atoms. The Morgan fingerprint density at radius 1 is 1.15 bits per heavy atom. The van der Waals surface area contributed by atoms with Gasteiger partial charge < -0.3 is 10.1 Å². The van der Waals surface area contributed by atoms with Crippen molar-refractivity contribution in [2.75, 3.05) is 6.61 Å². The zero-order chi connectivity index (χ0) is 18.7. The predicted molar refractivity (Wildman–Crippen MR) is 105 cm³/mol. The molecule has 4 fully saturated rings. The van der Waals surface area contributed by atoms with E-state index in [-0.39, 0.29) is 28.9 Å². The Labute approximate surface area is 159 Å². The number of carbonyl (C=O) groups excluding carboxylic acids is 1. The molecule has 0 spiro atoms. The number of rotatable bonds is 3. The van der Waals surface area contributed by atoms with Gasteiger partial charge in [-0.2, -0.15) is 0 Å². The van der Waals surface area contributed by atoms with Crippen LogP contribution < -0.4 is 5.32 Å². The minimum Gasteiger partial charge on any atom is -0.371 e. The fraction of sp³-hybridized carbons (Fsp3) is 0.870. The average Bonchev–Trinajstić information content (AvgIpc) is 2.97.